The average Bonchev–Trinajstić information content (AvgIpc) is 2.19. The van der Waals surface area contributed by atoms with Crippen LogP contribution in [0.1, 0.15) is 18.6 Å². The SMILES string of the molecule is C[C@H](O)c1cc(Br)ccc1OCCN(C)C. The Kier molecular flexibility index (Phi) is 5.25. The standard InChI is InChI=1S/C12H18BrNO2/c1-9(15)11-8-10(13)4-5-12(11)16-7-6-14(2)3/h4-5,8-9,15H,6-7H2,1-3H3/t9-/m0/s1. The Labute approximate surface area is 105 Å². The Balaban J connectivity index is 2.71. The van der Waals surface area contributed by atoms with E-state index in [1.54, 1.807) is 6.92 Å². The maximum absolute atomic E-state index is 9.63. The van der Waals surface area contributed by atoms with Crippen LogP contribution < -0.4 is 4.74 Å². The molecule has 3 nitrogen and oxygen atoms in total. The van der Waals surface area contributed by atoms with Crippen molar-refractivity contribution in [2.45, 2.75) is 13.0 Å². The number of hydrogen-bond acceptors (Lipinski definition) is 3. The van der Waals surface area contributed by atoms with Gasteiger partial charge in [0, 0.05) is 16.6 Å². The molecule has 1 rings (SSSR count). The summed E-state index contributed by atoms with van der Waals surface area (Å²) in [6, 6.07) is 5.67. The molecule has 0 saturated heterocycles. The number of halogens is 1. The quantitative estimate of drug-likeness (QED) is 0.903. The highest BCUT2D eigenvalue weighted by Crippen LogP contribution is 2.28. The van der Waals surface area contributed by atoms with Gasteiger partial charge in [0.1, 0.15) is 12.4 Å². The van der Waals surface area contributed by atoms with Gasteiger partial charge in [0.2, 0.25) is 0 Å². The lowest BCUT2D eigenvalue weighted by molar-refractivity contribution is 0.188. The largest absolute Gasteiger partial charge is 0.492 e. The monoisotopic (exact) mass is 287 g/mol. The number of likely N-dealkylation sites (N-methyl/N-ethyl adjacent to an activating group) is 1. The molecule has 1 N–H and O–H groups in total. The van der Waals surface area contributed by atoms with Crippen molar-refractivity contribution in [2.24, 2.45) is 0 Å². The molecule has 90 valence electrons. The minimum absolute atomic E-state index is 0.521. The van der Waals surface area contributed by atoms with E-state index in [1.807, 2.05) is 32.3 Å². The first-order valence-corrected chi connectivity index (χ1v) is 6.05. The van der Waals surface area contributed by atoms with E-state index in [0.717, 1.165) is 22.3 Å². The lowest BCUT2D eigenvalue weighted by Gasteiger charge is -2.15. The third-order valence-electron chi connectivity index (χ3n) is 2.22. The molecule has 0 bridgehead atoms. The van der Waals surface area contributed by atoms with Crippen molar-refractivity contribution in [1.29, 1.82) is 0 Å². The Morgan fingerprint density at radius 3 is 2.69 bits per heavy atom. The molecule has 0 aliphatic carbocycles. The van der Waals surface area contributed by atoms with E-state index in [2.05, 4.69) is 20.8 Å². The van der Waals surface area contributed by atoms with Gasteiger partial charge in [-0.15, -0.1) is 0 Å². The van der Waals surface area contributed by atoms with Crippen LogP contribution in [0.4, 0.5) is 0 Å². The highest BCUT2D eigenvalue weighted by Gasteiger charge is 2.09. The molecule has 0 fully saturated rings. The number of rotatable bonds is 5. The van der Waals surface area contributed by atoms with Gasteiger partial charge >= 0.3 is 0 Å². The number of ether oxygens (including phenoxy) is 1. The van der Waals surface area contributed by atoms with Crippen molar-refractivity contribution < 1.29 is 9.84 Å². The average molecular weight is 288 g/mol. The zero-order valence-electron chi connectivity index (χ0n) is 9.90. The number of benzene rings is 1. The molecule has 0 spiro atoms. The Bertz CT molecular complexity index is 340. The molecule has 1 atom stereocenters. The normalized spacial score (nSPS) is 12.9. The van der Waals surface area contributed by atoms with Gasteiger partial charge in [-0.2, -0.15) is 0 Å². The molecule has 0 radical (unpaired) electrons. The van der Waals surface area contributed by atoms with Crippen molar-refractivity contribution in [1.82, 2.24) is 4.90 Å². The predicted molar refractivity (Wildman–Crippen MR) is 68.8 cm³/mol. The molecule has 16 heavy (non-hydrogen) atoms. The lowest BCUT2D eigenvalue weighted by Crippen LogP contribution is -2.19. The van der Waals surface area contributed by atoms with Crippen LogP contribution in [0, 0.1) is 0 Å². The van der Waals surface area contributed by atoms with Gasteiger partial charge in [-0.25, -0.2) is 0 Å². The van der Waals surface area contributed by atoms with Gasteiger partial charge in [-0.05, 0) is 39.2 Å². The maximum atomic E-state index is 9.63. The fraction of sp³-hybridized carbons (Fsp3) is 0.500. The van der Waals surface area contributed by atoms with Gasteiger partial charge in [0.15, 0.2) is 0 Å². The van der Waals surface area contributed by atoms with Crippen LogP contribution in [0.25, 0.3) is 0 Å². The number of aliphatic hydroxyl groups is 1. The summed E-state index contributed by atoms with van der Waals surface area (Å²) in [4.78, 5) is 2.06. The first-order valence-electron chi connectivity index (χ1n) is 5.25. The van der Waals surface area contributed by atoms with Gasteiger partial charge < -0.3 is 14.7 Å². The molecular formula is C12H18BrNO2. The second-order valence-corrected chi connectivity index (χ2v) is 4.93. The lowest BCUT2D eigenvalue weighted by atomic mass is 10.1. The molecule has 0 aliphatic heterocycles. The molecule has 0 saturated carbocycles. The third-order valence-corrected chi connectivity index (χ3v) is 2.71. The van der Waals surface area contributed by atoms with E-state index in [-0.39, 0.29) is 0 Å². The molecule has 0 heterocycles. The molecule has 1 aromatic carbocycles. The van der Waals surface area contributed by atoms with Crippen LogP contribution in [0.5, 0.6) is 5.75 Å². The van der Waals surface area contributed by atoms with Crippen LogP contribution in [0.3, 0.4) is 0 Å². The zero-order chi connectivity index (χ0) is 12.1. The summed E-state index contributed by atoms with van der Waals surface area (Å²) in [7, 11) is 4.00. The second kappa shape index (κ2) is 6.23. The van der Waals surface area contributed by atoms with Gasteiger partial charge in [-0.3, -0.25) is 0 Å². The smallest absolute Gasteiger partial charge is 0.125 e. The molecule has 0 aliphatic rings. The summed E-state index contributed by atoms with van der Waals surface area (Å²) in [6.07, 6.45) is -0.521. The van der Waals surface area contributed by atoms with Crippen LogP contribution in [0.15, 0.2) is 22.7 Å². The van der Waals surface area contributed by atoms with Gasteiger partial charge in [0.05, 0.1) is 6.10 Å². The summed E-state index contributed by atoms with van der Waals surface area (Å²) in [5.41, 5.74) is 0.813. The summed E-state index contributed by atoms with van der Waals surface area (Å²) in [5, 5.41) is 9.63. The molecular weight excluding hydrogens is 270 g/mol. The first kappa shape index (κ1) is 13.5. The first-order chi connectivity index (χ1) is 7.50. The molecule has 0 unspecified atom stereocenters. The van der Waals surface area contributed by atoms with E-state index in [0.29, 0.717) is 6.61 Å². The fourth-order valence-electron chi connectivity index (χ4n) is 1.32. The van der Waals surface area contributed by atoms with Crippen molar-refractivity contribution in [3.63, 3.8) is 0 Å². The second-order valence-electron chi connectivity index (χ2n) is 4.01. The molecule has 0 amide bonds. The predicted octanol–water partition coefficient (Wildman–Crippen LogP) is 2.44. The highest BCUT2D eigenvalue weighted by molar-refractivity contribution is 9.10. The van der Waals surface area contributed by atoms with Crippen molar-refractivity contribution in [3.8, 4) is 5.75 Å². The number of nitrogens with zero attached hydrogens (tertiary/aromatic N) is 1. The van der Waals surface area contributed by atoms with E-state index >= 15 is 0 Å². The van der Waals surface area contributed by atoms with Crippen molar-refractivity contribution >= 4 is 15.9 Å². The third kappa shape index (κ3) is 4.12. The van der Waals surface area contributed by atoms with E-state index in [4.69, 9.17) is 4.74 Å². The van der Waals surface area contributed by atoms with E-state index in [9.17, 15) is 5.11 Å². The minimum Gasteiger partial charge on any atom is -0.492 e. The van der Waals surface area contributed by atoms with Crippen LogP contribution in [-0.2, 0) is 0 Å². The van der Waals surface area contributed by atoms with Crippen molar-refractivity contribution in [3.05, 3.63) is 28.2 Å². The van der Waals surface area contributed by atoms with Gasteiger partial charge in [-0.1, -0.05) is 15.9 Å². The Morgan fingerprint density at radius 1 is 1.44 bits per heavy atom. The van der Waals surface area contributed by atoms with Crippen LogP contribution in [0.2, 0.25) is 0 Å². The number of hydrogen-bond donors (Lipinski definition) is 1. The summed E-state index contributed by atoms with van der Waals surface area (Å²) < 4.78 is 6.59. The fourth-order valence-corrected chi connectivity index (χ4v) is 1.69. The number of aliphatic hydroxyl groups excluding tert-OH is 1. The Hall–Kier alpha value is -0.580. The topological polar surface area (TPSA) is 32.7 Å². The van der Waals surface area contributed by atoms with E-state index < -0.39 is 6.10 Å². The van der Waals surface area contributed by atoms with Crippen LogP contribution >= 0.6 is 15.9 Å². The zero-order valence-corrected chi connectivity index (χ0v) is 11.5. The van der Waals surface area contributed by atoms with E-state index in [1.165, 1.54) is 0 Å². The molecule has 0 aromatic heterocycles. The summed E-state index contributed by atoms with van der Waals surface area (Å²) >= 11 is 3.38. The molecule has 4 heteroatoms. The Morgan fingerprint density at radius 2 is 2.12 bits per heavy atom. The minimum atomic E-state index is -0.521. The summed E-state index contributed by atoms with van der Waals surface area (Å²) in [5.74, 6) is 0.750. The molecule has 1 aromatic rings. The van der Waals surface area contributed by atoms with Crippen LogP contribution in [-0.4, -0.2) is 37.3 Å². The van der Waals surface area contributed by atoms with Gasteiger partial charge in [0.25, 0.3) is 0 Å². The van der Waals surface area contributed by atoms with Crippen molar-refractivity contribution in [2.75, 3.05) is 27.2 Å². The maximum Gasteiger partial charge on any atom is 0.125 e. The highest BCUT2D eigenvalue weighted by atomic mass is 79.9. The summed E-state index contributed by atoms with van der Waals surface area (Å²) in [6.45, 7) is 3.21.